The lowest BCUT2D eigenvalue weighted by molar-refractivity contribution is 0.0645. The van der Waals surface area contributed by atoms with Gasteiger partial charge in [-0.25, -0.2) is 0 Å². The summed E-state index contributed by atoms with van der Waals surface area (Å²) in [6, 6.07) is 18.5. The number of benzene rings is 4. The molecule has 0 saturated heterocycles. The van der Waals surface area contributed by atoms with Gasteiger partial charge in [-0.15, -0.1) is 0 Å². The van der Waals surface area contributed by atoms with Crippen molar-refractivity contribution in [2.45, 2.75) is 52.4 Å². The highest BCUT2D eigenvalue weighted by atomic mass is 19.4. The Morgan fingerprint density at radius 2 is 1.43 bits per heavy atom. The van der Waals surface area contributed by atoms with Crippen LogP contribution in [-0.4, -0.2) is 19.3 Å². The zero-order valence-corrected chi connectivity index (χ0v) is 23.9. The van der Waals surface area contributed by atoms with Crippen molar-refractivity contribution in [1.29, 1.82) is 0 Å². The summed E-state index contributed by atoms with van der Waals surface area (Å²) in [5.74, 6) is 1.05. The van der Waals surface area contributed by atoms with Gasteiger partial charge in [0, 0.05) is 28.0 Å². The largest absolute Gasteiger partial charge is 0.507 e. The fraction of sp³-hybridized carbons (Fsp3) is 0.353. The van der Waals surface area contributed by atoms with Crippen LogP contribution >= 0.6 is 0 Å². The van der Waals surface area contributed by atoms with Gasteiger partial charge in [0.1, 0.15) is 22.9 Å². The van der Waals surface area contributed by atoms with E-state index in [1.807, 2.05) is 12.1 Å². The number of nitrogens with zero attached hydrogens (tertiary/aromatic N) is 1. The van der Waals surface area contributed by atoms with Crippen LogP contribution in [0.1, 0.15) is 58.1 Å². The Kier molecular flexibility index (Phi) is 5.85. The molecule has 2 aliphatic carbocycles. The predicted octanol–water partition coefficient (Wildman–Crippen LogP) is 9.31. The molecule has 1 fully saturated rings. The summed E-state index contributed by atoms with van der Waals surface area (Å²) >= 11 is 0. The van der Waals surface area contributed by atoms with E-state index in [4.69, 9.17) is 9.47 Å². The summed E-state index contributed by atoms with van der Waals surface area (Å²) in [7, 11) is 3.04. The smallest absolute Gasteiger partial charge is 0.130 e. The van der Waals surface area contributed by atoms with Gasteiger partial charge in [0.15, 0.2) is 0 Å². The SMILES string of the molecule is COc1ccc(-c2cc3c(O)cc4c(c3cc2N(F)F)-c2ccccc2C42CC(C)(C)CC(C)(C)C2)c(OC)c1. The first-order valence-corrected chi connectivity index (χ1v) is 13.7. The molecular weight excluding hydrogens is 508 g/mol. The summed E-state index contributed by atoms with van der Waals surface area (Å²) in [5.41, 5.74) is 4.54. The normalized spacial score (nSPS) is 17.9. The molecule has 4 nitrogen and oxygen atoms in total. The molecule has 6 rings (SSSR count). The van der Waals surface area contributed by atoms with E-state index < -0.39 is 5.34 Å². The van der Waals surface area contributed by atoms with E-state index in [2.05, 4.69) is 45.9 Å². The Hall–Kier alpha value is -3.80. The van der Waals surface area contributed by atoms with Gasteiger partial charge in [-0.2, -0.15) is 0 Å². The van der Waals surface area contributed by atoms with Crippen LogP contribution in [0, 0.1) is 10.8 Å². The number of hydrogen-bond donors (Lipinski definition) is 1. The molecule has 1 saturated carbocycles. The average Bonchev–Trinajstić information content (AvgIpc) is 3.14. The number of ether oxygens (including phenoxy) is 2. The van der Waals surface area contributed by atoms with Crippen molar-refractivity contribution in [3.8, 4) is 39.5 Å². The maximum Gasteiger partial charge on any atom is 0.130 e. The van der Waals surface area contributed by atoms with Gasteiger partial charge in [0.2, 0.25) is 0 Å². The van der Waals surface area contributed by atoms with Gasteiger partial charge >= 0.3 is 0 Å². The fourth-order valence-corrected chi connectivity index (χ4v) is 8.24. The third-order valence-corrected chi connectivity index (χ3v) is 8.86. The minimum atomic E-state index is -0.849. The molecule has 2 aliphatic rings. The van der Waals surface area contributed by atoms with Crippen molar-refractivity contribution in [2.75, 3.05) is 19.6 Å². The molecule has 208 valence electrons. The molecular formula is C34H35F2NO3. The number of aromatic hydroxyl groups is 1. The van der Waals surface area contributed by atoms with E-state index >= 15 is 0 Å². The summed E-state index contributed by atoms with van der Waals surface area (Å²) in [4.78, 5) is 0. The van der Waals surface area contributed by atoms with Crippen molar-refractivity contribution in [3.63, 3.8) is 0 Å². The highest BCUT2D eigenvalue weighted by Gasteiger charge is 2.53. The van der Waals surface area contributed by atoms with Gasteiger partial charge in [-0.05, 0) is 93.4 Å². The molecule has 0 aliphatic heterocycles. The van der Waals surface area contributed by atoms with Crippen LogP contribution in [0.4, 0.5) is 14.6 Å². The van der Waals surface area contributed by atoms with Crippen LogP contribution in [0.3, 0.4) is 0 Å². The first-order valence-electron chi connectivity index (χ1n) is 13.7. The van der Waals surface area contributed by atoms with Crippen molar-refractivity contribution in [1.82, 2.24) is 0 Å². The standard InChI is InChI=1S/C34H35F2NO3/c1-32(2)17-33(3,4)19-34(18-32)26-10-8-7-9-22(26)31-25-15-28(37(35)36)23(14-24(25)29(38)16-27(31)34)21-12-11-20(39-5)13-30(21)40-6/h7-16,38H,17-19H2,1-6H3. The number of phenols is 1. The van der Waals surface area contributed by atoms with E-state index in [1.165, 1.54) is 18.7 Å². The van der Waals surface area contributed by atoms with Crippen molar-refractivity contribution in [3.05, 3.63) is 71.8 Å². The van der Waals surface area contributed by atoms with Gasteiger partial charge in [0.25, 0.3) is 0 Å². The molecule has 0 heterocycles. The van der Waals surface area contributed by atoms with Crippen LogP contribution in [0.15, 0.2) is 60.7 Å². The van der Waals surface area contributed by atoms with Crippen LogP contribution in [0.5, 0.6) is 17.2 Å². The molecule has 4 aromatic rings. The Balaban J connectivity index is 1.68. The summed E-state index contributed by atoms with van der Waals surface area (Å²) < 4.78 is 40.1. The summed E-state index contributed by atoms with van der Waals surface area (Å²) in [6.45, 7) is 9.25. The van der Waals surface area contributed by atoms with Crippen molar-refractivity contribution >= 4 is 16.5 Å². The molecule has 1 N–H and O–H groups in total. The lowest BCUT2D eigenvalue weighted by Gasteiger charge is -2.51. The molecule has 0 bridgehead atoms. The van der Waals surface area contributed by atoms with E-state index in [0.717, 1.165) is 36.0 Å². The molecule has 40 heavy (non-hydrogen) atoms. The second-order valence-electron chi connectivity index (χ2n) is 13.0. The minimum Gasteiger partial charge on any atom is -0.507 e. The summed E-state index contributed by atoms with van der Waals surface area (Å²) in [5, 5.41) is 11.8. The van der Waals surface area contributed by atoms with E-state index in [9.17, 15) is 14.1 Å². The van der Waals surface area contributed by atoms with Gasteiger partial charge < -0.3 is 14.6 Å². The molecule has 0 aromatic heterocycles. The first kappa shape index (κ1) is 26.4. The number of halogens is 2. The van der Waals surface area contributed by atoms with Crippen LogP contribution < -0.4 is 14.8 Å². The Morgan fingerprint density at radius 3 is 2.08 bits per heavy atom. The number of methoxy groups -OCH3 is 2. The highest BCUT2D eigenvalue weighted by Crippen LogP contribution is 2.65. The molecule has 0 unspecified atom stereocenters. The monoisotopic (exact) mass is 543 g/mol. The quantitative estimate of drug-likeness (QED) is 0.261. The van der Waals surface area contributed by atoms with Crippen molar-refractivity contribution in [2.24, 2.45) is 10.8 Å². The Bertz CT molecular complexity index is 1640. The second kappa shape index (κ2) is 8.85. The molecule has 0 amide bonds. The number of phenolic OH excluding ortho intramolecular Hbond substituents is 1. The maximum absolute atomic E-state index is 14.6. The number of anilines is 1. The number of rotatable bonds is 4. The zero-order valence-electron chi connectivity index (χ0n) is 23.9. The molecule has 6 heteroatoms. The van der Waals surface area contributed by atoms with E-state index in [-0.39, 0.29) is 33.2 Å². The lowest BCUT2D eigenvalue weighted by Crippen LogP contribution is -2.43. The van der Waals surface area contributed by atoms with Crippen molar-refractivity contribution < 1.29 is 23.5 Å². The van der Waals surface area contributed by atoms with Gasteiger partial charge in [-0.1, -0.05) is 60.9 Å². The predicted molar refractivity (Wildman–Crippen MR) is 156 cm³/mol. The Morgan fingerprint density at radius 1 is 0.725 bits per heavy atom. The topological polar surface area (TPSA) is 41.9 Å². The minimum absolute atomic E-state index is 0.0651. The average molecular weight is 544 g/mol. The number of hydrogen-bond acceptors (Lipinski definition) is 4. The molecule has 1 spiro atoms. The second-order valence-corrected chi connectivity index (χ2v) is 13.0. The molecule has 0 radical (unpaired) electrons. The first-order chi connectivity index (χ1) is 18.9. The fourth-order valence-electron chi connectivity index (χ4n) is 8.24. The van der Waals surface area contributed by atoms with Crippen LogP contribution in [-0.2, 0) is 5.41 Å². The Labute approximate surface area is 234 Å². The van der Waals surface area contributed by atoms with Gasteiger partial charge in [0.05, 0.1) is 14.2 Å². The van der Waals surface area contributed by atoms with Gasteiger partial charge in [-0.3, -0.25) is 0 Å². The molecule has 0 atom stereocenters. The third-order valence-electron chi connectivity index (χ3n) is 8.86. The van der Waals surface area contributed by atoms with Crippen LogP contribution in [0.25, 0.3) is 33.0 Å². The van der Waals surface area contributed by atoms with E-state index in [0.29, 0.717) is 27.8 Å². The summed E-state index contributed by atoms with van der Waals surface area (Å²) in [6.07, 6.45) is 2.93. The number of fused-ring (bicyclic) bond motifs is 7. The lowest BCUT2D eigenvalue weighted by atomic mass is 9.52. The van der Waals surface area contributed by atoms with E-state index in [1.54, 1.807) is 31.4 Å². The molecule has 4 aromatic carbocycles. The maximum atomic E-state index is 14.6. The highest BCUT2D eigenvalue weighted by molar-refractivity contribution is 6.09. The van der Waals surface area contributed by atoms with Crippen LogP contribution in [0.2, 0.25) is 0 Å². The zero-order chi connectivity index (χ0) is 28.6. The third kappa shape index (κ3) is 3.91.